The molecule has 0 unspecified atom stereocenters. The van der Waals surface area contributed by atoms with Gasteiger partial charge < -0.3 is 20.1 Å². The first-order valence-corrected chi connectivity index (χ1v) is 8.83. The van der Waals surface area contributed by atoms with Gasteiger partial charge in [-0.05, 0) is 56.2 Å². The third kappa shape index (κ3) is 4.92. The highest BCUT2D eigenvalue weighted by atomic mass is 35.5. The van der Waals surface area contributed by atoms with Crippen LogP contribution in [0.3, 0.4) is 0 Å². The van der Waals surface area contributed by atoms with E-state index in [1.807, 2.05) is 39.0 Å². The molecule has 0 spiro atoms. The Morgan fingerprint density at radius 3 is 2.26 bits per heavy atom. The van der Waals surface area contributed by atoms with Gasteiger partial charge in [0.2, 0.25) is 0 Å². The Hall–Kier alpha value is -2.73. The molecule has 6 nitrogen and oxygen atoms in total. The number of rotatable bonds is 7. The van der Waals surface area contributed by atoms with Crippen LogP contribution in [0.25, 0.3) is 0 Å². The summed E-state index contributed by atoms with van der Waals surface area (Å²) in [5.74, 6) is -0.433. The zero-order valence-electron chi connectivity index (χ0n) is 15.8. The molecule has 27 heavy (non-hydrogen) atoms. The van der Waals surface area contributed by atoms with Crippen molar-refractivity contribution in [3.8, 4) is 11.5 Å². The van der Waals surface area contributed by atoms with Crippen molar-refractivity contribution < 1.29 is 19.1 Å². The Bertz CT molecular complexity index is 847. The summed E-state index contributed by atoms with van der Waals surface area (Å²) in [6.45, 7) is 6.02. The van der Waals surface area contributed by atoms with E-state index in [2.05, 4.69) is 0 Å². The topological polar surface area (TPSA) is 81.9 Å². The third-order valence-electron chi connectivity index (χ3n) is 3.91. The van der Waals surface area contributed by atoms with Gasteiger partial charge in [0.15, 0.2) is 18.1 Å². The molecule has 7 heteroatoms. The number of amides is 2. The van der Waals surface area contributed by atoms with Crippen molar-refractivity contribution in [2.45, 2.75) is 20.8 Å². The summed E-state index contributed by atoms with van der Waals surface area (Å²) in [5, 5.41) is 0.162. The van der Waals surface area contributed by atoms with E-state index in [4.69, 9.17) is 26.8 Å². The molecule has 0 atom stereocenters. The summed E-state index contributed by atoms with van der Waals surface area (Å²) in [7, 11) is 1.43. The molecule has 0 aliphatic carbocycles. The van der Waals surface area contributed by atoms with E-state index in [9.17, 15) is 9.59 Å². The van der Waals surface area contributed by atoms with Crippen molar-refractivity contribution >= 4 is 29.1 Å². The SMILES string of the molecule is CCN(C(=O)c1cc(Cl)c(OCC(N)=O)c(OC)c1)c1cc(C)cc(C)c1. The minimum Gasteiger partial charge on any atom is -0.493 e. The van der Waals surface area contributed by atoms with E-state index in [0.717, 1.165) is 16.8 Å². The number of benzene rings is 2. The molecule has 2 aromatic carbocycles. The molecule has 0 aromatic heterocycles. The lowest BCUT2D eigenvalue weighted by Crippen LogP contribution is -2.30. The second-order valence-electron chi connectivity index (χ2n) is 6.14. The van der Waals surface area contributed by atoms with Crippen molar-refractivity contribution in [1.82, 2.24) is 0 Å². The summed E-state index contributed by atoms with van der Waals surface area (Å²) < 4.78 is 10.6. The molecule has 0 bridgehead atoms. The number of nitrogens with two attached hydrogens (primary N) is 1. The number of halogens is 1. The molecule has 2 rings (SSSR count). The van der Waals surface area contributed by atoms with Crippen molar-refractivity contribution in [2.24, 2.45) is 5.73 Å². The van der Waals surface area contributed by atoms with Gasteiger partial charge in [-0.1, -0.05) is 17.7 Å². The van der Waals surface area contributed by atoms with Gasteiger partial charge in [0.25, 0.3) is 11.8 Å². The molecular formula is C20H23ClN2O4. The van der Waals surface area contributed by atoms with Crippen LogP contribution >= 0.6 is 11.6 Å². The fourth-order valence-electron chi connectivity index (χ4n) is 2.83. The van der Waals surface area contributed by atoms with Crippen molar-refractivity contribution in [3.05, 3.63) is 52.0 Å². The number of anilines is 1. The zero-order valence-corrected chi connectivity index (χ0v) is 16.6. The van der Waals surface area contributed by atoms with E-state index in [1.54, 1.807) is 4.90 Å². The highest BCUT2D eigenvalue weighted by molar-refractivity contribution is 6.33. The second kappa shape index (κ2) is 8.77. The van der Waals surface area contributed by atoms with E-state index < -0.39 is 5.91 Å². The molecule has 2 amide bonds. The first-order chi connectivity index (χ1) is 12.8. The maximum absolute atomic E-state index is 13.1. The monoisotopic (exact) mass is 390 g/mol. The lowest BCUT2D eigenvalue weighted by atomic mass is 10.1. The fraction of sp³-hybridized carbons (Fsp3) is 0.300. The van der Waals surface area contributed by atoms with Crippen LogP contribution in [0.1, 0.15) is 28.4 Å². The van der Waals surface area contributed by atoms with Crippen LogP contribution in [0.4, 0.5) is 5.69 Å². The van der Waals surface area contributed by atoms with Crippen molar-refractivity contribution in [1.29, 1.82) is 0 Å². The first-order valence-electron chi connectivity index (χ1n) is 8.45. The fourth-order valence-corrected chi connectivity index (χ4v) is 3.10. The van der Waals surface area contributed by atoms with Gasteiger partial charge in [0.1, 0.15) is 0 Å². The molecule has 0 heterocycles. The van der Waals surface area contributed by atoms with Crippen LogP contribution in [-0.4, -0.2) is 32.1 Å². The predicted octanol–water partition coefficient (Wildman–Crippen LogP) is 3.50. The Kier molecular flexibility index (Phi) is 6.69. The quantitative estimate of drug-likeness (QED) is 0.784. The normalized spacial score (nSPS) is 10.4. The molecule has 0 aliphatic rings. The molecule has 2 N–H and O–H groups in total. The molecule has 2 aromatic rings. The summed E-state index contributed by atoms with van der Waals surface area (Å²) in [6.07, 6.45) is 0. The maximum atomic E-state index is 13.1. The van der Waals surface area contributed by atoms with Crippen LogP contribution < -0.4 is 20.1 Å². The van der Waals surface area contributed by atoms with Crippen LogP contribution in [-0.2, 0) is 4.79 Å². The highest BCUT2D eigenvalue weighted by Crippen LogP contribution is 2.37. The Morgan fingerprint density at radius 2 is 1.74 bits per heavy atom. The Balaban J connectivity index is 2.41. The molecule has 0 fully saturated rings. The standard InChI is InChI=1S/C20H23ClN2O4/c1-5-23(15-7-12(2)6-13(3)8-15)20(25)14-9-16(21)19(17(10-14)26-4)27-11-18(22)24/h6-10H,5,11H2,1-4H3,(H2,22,24). The molecule has 0 aliphatic heterocycles. The number of nitrogens with zero attached hydrogens (tertiary/aromatic N) is 1. The lowest BCUT2D eigenvalue weighted by molar-refractivity contribution is -0.119. The van der Waals surface area contributed by atoms with E-state index in [1.165, 1.54) is 19.2 Å². The van der Waals surface area contributed by atoms with Crippen LogP contribution in [0.15, 0.2) is 30.3 Å². The average Bonchev–Trinajstić information content (AvgIpc) is 2.59. The molecule has 144 valence electrons. The van der Waals surface area contributed by atoms with Gasteiger partial charge in [-0.25, -0.2) is 0 Å². The van der Waals surface area contributed by atoms with Crippen molar-refractivity contribution in [2.75, 3.05) is 25.2 Å². The largest absolute Gasteiger partial charge is 0.493 e. The minimum atomic E-state index is -0.639. The summed E-state index contributed by atoms with van der Waals surface area (Å²) in [6, 6.07) is 8.99. The van der Waals surface area contributed by atoms with Crippen molar-refractivity contribution in [3.63, 3.8) is 0 Å². The van der Waals surface area contributed by atoms with E-state index in [-0.39, 0.29) is 29.0 Å². The number of aryl methyl sites for hydroxylation is 2. The molecular weight excluding hydrogens is 368 g/mol. The second-order valence-corrected chi connectivity index (χ2v) is 6.55. The smallest absolute Gasteiger partial charge is 0.258 e. The maximum Gasteiger partial charge on any atom is 0.258 e. The predicted molar refractivity (Wildman–Crippen MR) is 106 cm³/mol. The van der Waals surface area contributed by atoms with Crippen LogP contribution in [0, 0.1) is 13.8 Å². The molecule has 0 radical (unpaired) electrons. The zero-order chi connectivity index (χ0) is 20.1. The number of primary amides is 1. The lowest BCUT2D eigenvalue weighted by Gasteiger charge is -2.23. The summed E-state index contributed by atoms with van der Waals surface area (Å²) in [5.41, 5.74) is 8.40. The van der Waals surface area contributed by atoms with Gasteiger partial charge in [-0.2, -0.15) is 0 Å². The van der Waals surface area contributed by atoms with Gasteiger partial charge in [-0.3, -0.25) is 9.59 Å². The number of carbonyl (C=O) groups is 2. The average molecular weight is 391 g/mol. The summed E-state index contributed by atoms with van der Waals surface area (Å²) >= 11 is 6.26. The number of carbonyl (C=O) groups excluding carboxylic acids is 2. The van der Waals surface area contributed by atoms with Crippen LogP contribution in [0.2, 0.25) is 5.02 Å². The van der Waals surface area contributed by atoms with Crippen LogP contribution in [0.5, 0.6) is 11.5 Å². The number of hydrogen-bond donors (Lipinski definition) is 1. The Morgan fingerprint density at radius 1 is 1.11 bits per heavy atom. The number of ether oxygens (including phenoxy) is 2. The van der Waals surface area contributed by atoms with Gasteiger partial charge in [-0.15, -0.1) is 0 Å². The van der Waals surface area contributed by atoms with E-state index in [0.29, 0.717) is 12.1 Å². The van der Waals surface area contributed by atoms with Gasteiger partial charge in [0, 0.05) is 17.8 Å². The van der Waals surface area contributed by atoms with E-state index >= 15 is 0 Å². The Labute approximate surface area is 163 Å². The highest BCUT2D eigenvalue weighted by Gasteiger charge is 2.21. The summed E-state index contributed by atoms with van der Waals surface area (Å²) in [4.78, 5) is 25.7. The van der Waals surface area contributed by atoms with Gasteiger partial charge in [0.05, 0.1) is 12.1 Å². The minimum absolute atomic E-state index is 0.162. The molecule has 0 saturated heterocycles. The third-order valence-corrected chi connectivity index (χ3v) is 4.20. The van der Waals surface area contributed by atoms with Gasteiger partial charge >= 0.3 is 0 Å². The molecule has 0 saturated carbocycles. The first kappa shape index (κ1) is 20.6. The number of hydrogen-bond acceptors (Lipinski definition) is 4. The number of methoxy groups -OCH3 is 1.